The molecule has 0 bridgehead atoms. The van der Waals surface area contributed by atoms with Gasteiger partial charge in [0, 0.05) is 101 Å². The van der Waals surface area contributed by atoms with Gasteiger partial charge >= 0.3 is 0 Å². The normalized spacial score (nSPS) is 24.6. The molecule has 59 heavy (non-hydrogen) atoms. The van der Waals surface area contributed by atoms with Crippen molar-refractivity contribution in [2.45, 2.75) is 81.8 Å². The van der Waals surface area contributed by atoms with E-state index in [0.29, 0.717) is 55.4 Å². The van der Waals surface area contributed by atoms with Gasteiger partial charge in [-0.2, -0.15) is 5.26 Å². The van der Waals surface area contributed by atoms with Crippen molar-refractivity contribution < 1.29 is 33.1 Å². The summed E-state index contributed by atoms with van der Waals surface area (Å²) in [5, 5.41) is 11.7. The molecule has 1 N–H and O–H groups in total. The van der Waals surface area contributed by atoms with E-state index in [-0.39, 0.29) is 42.0 Å². The van der Waals surface area contributed by atoms with Crippen LogP contribution in [-0.4, -0.2) is 114 Å². The maximum Gasteiger partial charge on any atom is 0.262 e. The van der Waals surface area contributed by atoms with Crippen molar-refractivity contribution >= 4 is 52.5 Å². The van der Waals surface area contributed by atoms with E-state index in [9.17, 15) is 24.0 Å². The zero-order chi connectivity index (χ0) is 41.0. The van der Waals surface area contributed by atoms with Crippen molar-refractivity contribution in [3.63, 3.8) is 0 Å². The summed E-state index contributed by atoms with van der Waals surface area (Å²) in [7, 11) is 0. The highest BCUT2D eigenvalue weighted by Crippen LogP contribution is 2.37. The van der Waals surface area contributed by atoms with Crippen LogP contribution in [0.2, 0.25) is 5.02 Å². The number of halogens is 2. The number of rotatable bonds is 8. The lowest BCUT2D eigenvalue weighted by Gasteiger charge is -2.43. The highest BCUT2D eigenvalue weighted by molar-refractivity contribution is 6.31. The van der Waals surface area contributed by atoms with Gasteiger partial charge in [0.1, 0.15) is 23.5 Å². The largest absolute Gasteiger partial charge is 0.490 e. The molecular weight excluding hydrogens is 777 g/mol. The van der Waals surface area contributed by atoms with Gasteiger partial charge in [0.15, 0.2) is 0 Å². The van der Waals surface area contributed by atoms with Gasteiger partial charge in [-0.05, 0) is 86.2 Å². The zero-order valence-corrected chi connectivity index (χ0v) is 33.4. The first-order chi connectivity index (χ1) is 28.5. The number of fused-ring (bicyclic) bond motifs is 2. The Morgan fingerprint density at radius 1 is 0.780 bits per heavy atom. The number of benzene rings is 3. The number of imide groups is 2. The highest BCUT2D eigenvalue weighted by atomic mass is 35.5. The molecule has 5 amide bonds. The molecule has 0 aromatic heterocycles. The van der Waals surface area contributed by atoms with E-state index < -0.39 is 35.3 Å². The summed E-state index contributed by atoms with van der Waals surface area (Å²) in [5.74, 6) is -1.44. The first-order valence-electron chi connectivity index (χ1n) is 20.5. The maximum atomic E-state index is 16.3. The Balaban J connectivity index is 0.743. The molecule has 0 spiro atoms. The van der Waals surface area contributed by atoms with Crippen LogP contribution in [0, 0.1) is 11.3 Å². The predicted molar refractivity (Wildman–Crippen MR) is 216 cm³/mol. The number of nitrogens with zero attached hydrogens (tertiary/aromatic N) is 6. The number of amides is 5. The van der Waals surface area contributed by atoms with Crippen molar-refractivity contribution in [3.8, 4) is 11.8 Å². The number of anilines is 2. The highest BCUT2D eigenvalue weighted by Gasteiger charge is 2.45. The second kappa shape index (κ2) is 15.6. The molecule has 1 unspecified atom stereocenters. The topological polar surface area (TPSA) is 147 Å². The van der Waals surface area contributed by atoms with Gasteiger partial charge in [-0.1, -0.05) is 11.6 Å². The lowest BCUT2D eigenvalue weighted by Crippen LogP contribution is -2.54. The summed E-state index contributed by atoms with van der Waals surface area (Å²) in [5.41, 5.74) is 3.12. The minimum Gasteiger partial charge on any atom is -0.490 e. The molecule has 3 aromatic rings. The van der Waals surface area contributed by atoms with Gasteiger partial charge in [-0.3, -0.25) is 39.1 Å². The van der Waals surface area contributed by atoms with Crippen LogP contribution in [0.5, 0.6) is 5.75 Å². The fraction of sp³-hybridized carbons (Fsp3) is 0.455. The molecule has 3 saturated heterocycles. The van der Waals surface area contributed by atoms with E-state index in [4.69, 9.17) is 21.6 Å². The molecule has 1 aliphatic carbocycles. The number of piperazine rings is 1. The molecule has 9 rings (SSSR count). The molecule has 1 saturated carbocycles. The number of nitrogens with one attached hydrogen (secondary N) is 1. The summed E-state index contributed by atoms with van der Waals surface area (Å²) < 4.78 is 22.5. The molecule has 6 aliphatic rings. The van der Waals surface area contributed by atoms with Crippen LogP contribution in [0.3, 0.4) is 0 Å². The van der Waals surface area contributed by atoms with Crippen LogP contribution < -0.4 is 19.9 Å². The Morgan fingerprint density at radius 2 is 1.46 bits per heavy atom. The molecule has 3 aromatic carbocycles. The van der Waals surface area contributed by atoms with Crippen molar-refractivity contribution in [1.29, 1.82) is 5.26 Å². The Kier molecular flexibility index (Phi) is 10.3. The summed E-state index contributed by atoms with van der Waals surface area (Å²) in [6.07, 6.45) is 4.19. The molecule has 4 fully saturated rings. The Morgan fingerprint density at radius 3 is 2.15 bits per heavy atom. The number of carbonyl (C=O) groups excluding carboxylic acids is 5. The minimum atomic E-state index is -1.36. The number of hydrogen-bond acceptors (Lipinski definition) is 10. The summed E-state index contributed by atoms with van der Waals surface area (Å²) in [6.45, 7) is 4.81. The first-order valence-corrected chi connectivity index (χ1v) is 20.9. The molecular formula is C44H45ClFN7O6. The molecule has 5 aliphatic heterocycles. The SMILES string of the molecule is N#Cc1ccc(O[C@H]2CC[C@H](N3Cc4cc(N5CCN(CC6(F)CCN(c7ccc8c(c7)C(=O)N(C7CCC(=O)NC7=O)C8=O)CC6)CC5)ccc4C3=O)CC2)cc1Cl. The number of nitriles is 1. The lowest BCUT2D eigenvalue weighted by molar-refractivity contribution is -0.136. The van der Waals surface area contributed by atoms with Gasteiger partial charge in [-0.15, -0.1) is 0 Å². The average Bonchev–Trinajstić information content (AvgIpc) is 3.69. The van der Waals surface area contributed by atoms with Crippen molar-refractivity contribution in [1.82, 2.24) is 20.0 Å². The van der Waals surface area contributed by atoms with Crippen LogP contribution in [-0.2, 0) is 16.1 Å². The van der Waals surface area contributed by atoms with Gasteiger partial charge in [0.05, 0.1) is 27.8 Å². The second-order valence-electron chi connectivity index (χ2n) is 16.7. The average molecular weight is 822 g/mol. The number of alkyl halides is 1. The quantitative estimate of drug-likeness (QED) is 0.305. The lowest BCUT2D eigenvalue weighted by atomic mass is 9.91. The number of piperidine rings is 2. The summed E-state index contributed by atoms with van der Waals surface area (Å²) in [6, 6.07) is 17.5. The number of carbonyl (C=O) groups is 5. The van der Waals surface area contributed by atoms with Crippen LogP contribution in [0.15, 0.2) is 54.6 Å². The molecule has 1 atom stereocenters. The molecule has 15 heteroatoms. The fourth-order valence-corrected chi connectivity index (χ4v) is 9.91. The third-order valence-electron chi connectivity index (χ3n) is 13.1. The Hall–Kier alpha value is -5.52. The predicted octanol–water partition coefficient (Wildman–Crippen LogP) is 5.09. The molecule has 13 nitrogen and oxygen atoms in total. The first kappa shape index (κ1) is 39.0. The minimum absolute atomic E-state index is 0.0289. The number of ether oxygens (including phenoxy) is 1. The van der Waals surface area contributed by atoms with Crippen LogP contribution in [0.25, 0.3) is 0 Å². The second-order valence-corrected chi connectivity index (χ2v) is 17.1. The molecule has 5 heterocycles. The fourth-order valence-electron chi connectivity index (χ4n) is 9.69. The molecule has 306 valence electrons. The van der Waals surface area contributed by atoms with Crippen molar-refractivity contribution in [3.05, 3.63) is 87.4 Å². The van der Waals surface area contributed by atoms with E-state index in [1.807, 2.05) is 21.9 Å². The monoisotopic (exact) mass is 821 g/mol. The number of hydrogen-bond donors (Lipinski definition) is 1. The third-order valence-corrected chi connectivity index (χ3v) is 13.4. The van der Waals surface area contributed by atoms with E-state index in [2.05, 4.69) is 27.3 Å². The zero-order valence-electron chi connectivity index (χ0n) is 32.6. The molecule has 0 radical (unpaired) electrons. The van der Waals surface area contributed by atoms with Crippen molar-refractivity contribution in [2.75, 3.05) is 55.6 Å². The van der Waals surface area contributed by atoms with Crippen LogP contribution >= 0.6 is 11.6 Å². The van der Waals surface area contributed by atoms with E-state index in [1.165, 1.54) is 0 Å². The maximum absolute atomic E-state index is 16.3. The van der Waals surface area contributed by atoms with E-state index >= 15 is 4.39 Å². The van der Waals surface area contributed by atoms with Gasteiger partial charge in [-0.25, -0.2) is 4.39 Å². The third kappa shape index (κ3) is 7.51. The Bertz CT molecular complexity index is 2270. The van der Waals surface area contributed by atoms with Gasteiger partial charge in [0.2, 0.25) is 11.8 Å². The van der Waals surface area contributed by atoms with Gasteiger partial charge in [0.25, 0.3) is 17.7 Å². The van der Waals surface area contributed by atoms with Crippen LogP contribution in [0.1, 0.15) is 93.6 Å². The van der Waals surface area contributed by atoms with Crippen molar-refractivity contribution in [2.24, 2.45) is 0 Å². The smallest absolute Gasteiger partial charge is 0.262 e. The van der Waals surface area contributed by atoms with Crippen LogP contribution in [0.4, 0.5) is 15.8 Å². The van der Waals surface area contributed by atoms with E-state index in [1.54, 1.807) is 36.4 Å². The Labute approximate surface area is 346 Å². The summed E-state index contributed by atoms with van der Waals surface area (Å²) >= 11 is 6.19. The van der Waals surface area contributed by atoms with Gasteiger partial charge < -0.3 is 19.4 Å². The standard InChI is InChI=1S/C44H45ClFN7O6/c45-37-23-33(6-1-27(37)24-47)59-32-7-2-29(3-8-32)52-25-28-21-30(4-9-34(28)41(52)56)51-19-17-49(18-20-51)26-44(46)13-15-50(16-14-44)31-5-10-35-36(22-31)43(58)53(42(35)57)38-11-12-39(54)48-40(38)55/h1,4-6,9-10,21-23,29,32,38H,2-3,7-8,11-20,25-26H2,(H,48,54,55)/t29-,32-,38?. The summed E-state index contributed by atoms with van der Waals surface area (Å²) in [4.78, 5) is 73.6. The van der Waals surface area contributed by atoms with E-state index in [0.717, 1.165) is 79.3 Å².